The van der Waals surface area contributed by atoms with Crippen molar-refractivity contribution >= 4 is 11.7 Å². The second-order valence-corrected chi connectivity index (χ2v) is 6.72. The van der Waals surface area contributed by atoms with E-state index in [9.17, 15) is 9.18 Å². The minimum Gasteiger partial charge on any atom is -0.464 e. The molecular formula is C20H24FNO2. The van der Waals surface area contributed by atoms with Gasteiger partial charge in [-0.3, -0.25) is 4.79 Å². The van der Waals surface area contributed by atoms with E-state index in [1.54, 1.807) is 6.07 Å². The van der Waals surface area contributed by atoms with Crippen LogP contribution in [0.5, 0.6) is 0 Å². The smallest absolute Gasteiger partial charge is 0.325 e. The number of carbonyl (C=O) groups excluding carboxylic acids is 1. The van der Waals surface area contributed by atoms with Crippen molar-refractivity contribution in [3.63, 3.8) is 0 Å². The Morgan fingerprint density at radius 1 is 1.38 bits per heavy atom. The third-order valence-corrected chi connectivity index (χ3v) is 5.09. The molecule has 2 bridgehead atoms. The molecular weight excluding hydrogens is 305 g/mol. The van der Waals surface area contributed by atoms with Crippen LogP contribution in [0.1, 0.15) is 30.9 Å². The van der Waals surface area contributed by atoms with Crippen LogP contribution in [0.25, 0.3) is 5.70 Å². The maximum atomic E-state index is 14.0. The van der Waals surface area contributed by atoms with Gasteiger partial charge in [-0.2, -0.15) is 0 Å². The normalized spacial score (nSPS) is 24.2. The van der Waals surface area contributed by atoms with E-state index in [1.807, 2.05) is 13.0 Å². The Morgan fingerprint density at radius 3 is 2.83 bits per heavy atom. The molecule has 24 heavy (non-hydrogen) atoms. The van der Waals surface area contributed by atoms with Crippen LogP contribution in [-0.4, -0.2) is 19.1 Å². The molecule has 0 aliphatic heterocycles. The van der Waals surface area contributed by atoms with E-state index in [1.165, 1.54) is 12.5 Å². The Kier molecular flexibility index (Phi) is 5.03. The molecule has 2 aliphatic carbocycles. The first-order valence-electron chi connectivity index (χ1n) is 8.62. The average Bonchev–Trinajstić information content (AvgIpc) is 3.20. The minimum atomic E-state index is -0.325. The maximum absolute atomic E-state index is 14.0. The number of benzene rings is 1. The molecule has 3 atom stereocenters. The lowest BCUT2D eigenvalue weighted by Crippen LogP contribution is -2.26. The highest BCUT2D eigenvalue weighted by atomic mass is 19.1. The van der Waals surface area contributed by atoms with Gasteiger partial charge in [0.15, 0.2) is 0 Å². The summed E-state index contributed by atoms with van der Waals surface area (Å²) in [5, 5.41) is 2.86. The van der Waals surface area contributed by atoms with Crippen molar-refractivity contribution in [2.75, 3.05) is 13.2 Å². The molecule has 0 spiro atoms. The molecule has 1 N–H and O–H groups in total. The number of halogens is 1. The molecule has 4 heteroatoms. The van der Waals surface area contributed by atoms with E-state index < -0.39 is 0 Å². The lowest BCUT2D eigenvalue weighted by atomic mass is 9.95. The van der Waals surface area contributed by atoms with Gasteiger partial charge in [0.05, 0.1) is 6.61 Å². The molecule has 3 nitrogen and oxygen atoms in total. The van der Waals surface area contributed by atoms with Crippen molar-refractivity contribution in [2.24, 2.45) is 17.8 Å². The SMILES string of the molecule is C=C(NCC(=O)OCC1CC2C=CC1C2)c1ccc(CC)cc1F. The summed E-state index contributed by atoms with van der Waals surface area (Å²) < 4.78 is 19.4. The number of allylic oxidation sites excluding steroid dienone is 2. The van der Waals surface area contributed by atoms with Gasteiger partial charge in [0.25, 0.3) is 0 Å². The number of fused-ring (bicyclic) bond motifs is 2. The van der Waals surface area contributed by atoms with Crippen LogP contribution in [0.2, 0.25) is 0 Å². The van der Waals surface area contributed by atoms with E-state index in [0.29, 0.717) is 35.6 Å². The fraction of sp³-hybridized carbons (Fsp3) is 0.450. The number of esters is 1. The van der Waals surface area contributed by atoms with Gasteiger partial charge in [-0.15, -0.1) is 0 Å². The van der Waals surface area contributed by atoms with Crippen molar-refractivity contribution < 1.29 is 13.9 Å². The first-order chi connectivity index (χ1) is 11.6. The fourth-order valence-corrected chi connectivity index (χ4v) is 3.63. The summed E-state index contributed by atoms with van der Waals surface area (Å²) in [5.41, 5.74) is 1.72. The van der Waals surface area contributed by atoms with Gasteiger partial charge in [0.1, 0.15) is 12.4 Å². The van der Waals surface area contributed by atoms with E-state index in [-0.39, 0.29) is 18.3 Å². The molecule has 0 heterocycles. The second-order valence-electron chi connectivity index (χ2n) is 6.72. The zero-order valence-corrected chi connectivity index (χ0v) is 14.1. The van der Waals surface area contributed by atoms with E-state index in [2.05, 4.69) is 24.0 Å². The topological polar surface area (TPSA) is 38.3 Å². The van der Waals surface area contributed by atoms with Crippen LogP contribution >= 0.6 is 0 Å². The number of nitrogens with one attached hydrogen (secondary N) is 1. The molecule has 1 fully saturated rings. The molecule has 1 aromatic rings. The molecule has 3 rings (SSSR count). The molecule has 0 aromatic heterocycles. The molecule has 3 unspecified atom stereocenters. The molecule has 0 saturated heterocycles. The minimum absolute atomic E-state index is 0.00442. The van der Waals surface area contributed by atoms with Crippen LogP contribution in [-0.2, 0) is 16.0 Å². The first kappa shape index (κ1) is 16.7. The lowest BCUT2D eigenvalue weighted by Gasteiger charge is -2.18. The predicted octanol–water partition coefficient (Wildman–Crippen LogP) is 3.70. The van der Waals surface area contributed by atoms with Gasteiger partial charge in [-0.25, -0.2) is 4.39 Å². The van der Waals surface area contributed by atoms with Crippen LogP contribution in [0, 0.1) is 23.6 Å². The van der Waals surface area contributed by atoms with Gasteiger partial charge >= 0.3 is 5.97 Å². The zero-order chi connectivity index (χ0) is 17.1. The number of hydrogen-bond acceptors (Lipinski definition) is 3. The number of rotatable bonds is 7. The van der Waals surface area contributed by atoms with Crippen LogP contribution in [0.3, 0.4) is 0 Å². The number of aryl methyl sites for hydroxylation is 1. The predicted molar refractivity (Wildman–Crippen MR) is 92.6 cm³/mol. The van der Waals surface area contributed by atoms with E-state index in [0.717, 1.165) is 18.4 Å². The molecule has 128 valence electrons. The van der Waals surface area contributed by atoms with Crippen molar-refractivity contribution in [3.05, 3.63) is 53.9 Å². The quantitative estimate of drug-likeness (QED) is 0.612. The number of hydrogen-bond donors (Lipinski definition) is 1. The summed E-state index contributed by atoms with van der Waals surface area (Å²) in [6.45, 7) is 6.26. The highest BCUT2D eigenvalue weighted by Gasteiger charge is 2.36. The maximum Gasteiger partial charge on any atom is 0.325 e. The zero-order valence-electron chi connectivity index (χ0n) is 14.1. The van der Waals surface area contributed by atoms with Crippen molar-refractivity contribution in [1.29, 1.82) is 0 Å². The van der Waals surface area contributed by atoms with Crippen LogP contribution in [0.15, 0.2) is 36.9 Å². The van der Waals surface area contributed by atoms with Crippen molar-refractivity contribution in [3.8, 4) is 0 Å². The standard InChI is InChI=1S/C20H24FNO2/c1-3-14-5-7-18(19(21)10-14)13(2)22-11-20(23)24-12-17-9-15-4-6-16(17)8-15/h4-7,10,15-17,22H,2-3,8-9,11-12H2,1H3. The average molecular weight is 329 g/mol. The van der Waals surface area contributed by atoms with Crippen molar-refractivity contribution in [1.82, 2.24) is 5.32 Å². The Labute approximate surface area is 142 Å². The van der Waals surface area contributed by atoms with Gasteiger partial charge < -0.3 is 10.1 Å². The van der Waals surface area contributed by atoms with Crippen molar-refractivity contribution in [2.45, 2.75) is 26.2 Å². The number of ether oxygens (including phenoxy) is 1. The highest BCUT2D eigenvalue weighted by molar-refractivity contribution is 5.75. The third-order valence-electron chi connectivity index (χ3n) is 5.09. The molecule has 1 saturated carbocycles. The Morgan fingerprint density at radius 2 is 2.21 bits per heavy atom. The summed E-state index contributed by atoms with van der Waals surface area (Å²) in [6, 6.07) is 5.06. The largest absolute Gasteiger partial charge is 0.464 e. The van der Waals surface area contributed by atoms with E-state index >= 15 is 0 Å². The van der Waals surface area contributed by atoms with Crippen LogP contribution in [0.4, 0.5) is 4.39 Å². The Hall–Kier alpha value is -2.10. The summed E-state index contributed by atoms with van der Waals surface area (Å²) in [7, 11) is 0. The fourth-order valence-electron chi connectivity index (χ4n) is 3.63. The van der Waals surface area contributed by atoms with Gasteiger partial charge in [0.2, 0.25) is 0 Å². The van der Waals surface area contributed by atoms with Gasteiger partial charge in [0, 0.05) is 11.3 Å². The van der Waals surface area contributed by atoms with E-state index in [4.69, 9.17) is 4.74 Å². The second kappa shape index (κ2) is 7.20. The summed E-state index contributed by atoms with van der Waals surface area (Å²) in [5.74, 6) is 1.04. The van der Waals surface area contributed by atoms with Gasteiger partial charge in [-0.05, 0) is 54.7 Å². The molecule has 0 radical (unpaired) electrons. The monoisotopic (exact) mass is 329 g/mol. The Bertz CT molecular complexity index is 668. The third kappa shape index (κ3) is 3.69. The highest BCUT2D eigenvalue weighted by Crippen LogP contribution is 2.43. The lowest BCUT2D eigenvalue weighted by molar-refractivity contribution is -0.143. The Balaban J connectivity index is 1.44. The molecule has 0 amide bonds. The summed E-state index contributed by atoms with van der Waals surface area (Å²) in [6.07, 6.45) is 7.61. The summed E-state index contributed by atoms with van der Waals surface area (Å²) in [4.78, 5) is 11.9. The first-order valence-corrected chi connectivity index (χ1v) is 8.62. The van der Waals surface area contributed by atoms with Gasteiger partial charge in [-0.1, -0.05) is 31.7 Å². The summed E-state index contributed by atoms with van der Waals surface area (Å²) >= 11 is 0. The molecule has 2 aliphatic rings. The van der Waals surface area contributed by atoms with Crippen LogP contribution < -0.4 is 5.32 Å². The number of carbonyl (C=O) groups is 1. The molecule has 1 aromatic carbocycles.